The van der Waals surface area contributed by atoms with Crippen molar-refractivity contribution in [3.05, 3.63) is 35.8 Å². The van der Waals surface area contributed by atoms with Gasteiger partial charge in [-0.2, -0.15) is 13.2 Å². The maximum absolute atomic E-state index is 12.0. The van der Waals surface area contributed by atoms with Gasteiger partial charge in [0.1, 0.15) is 5.65 Å². The van der Waals surface area contributed by atoms with E-state index < -0.39 is 24.6 Å². The first-order valence-electron chi connectivity index (χ1n) is 5.33. The van der Waals surface area contributed by atoms with Crippen LogP contribution in [0.1, 0.15) is 16.1 Å². The molecule has 6 nitrogen and oxygen atoms in total. The molecule has 0 atom stereocenters. The molecule has 0 aromatic carbocycles. The molecule has 1 amide bonds. The summed E-state index contributed by atoms with van der Waals surface area (Å²) in [5, 5.41) is 10.5. The number of hydrogen-bond acceptors (Lipinski definition) is 3. The predicted octanol–water partition coefficient (Wildman–Crippen LogP) is 1.21. The first-order valence-corrected chi connectivity index (χ1v) is 5.33. The number of imidazole rings is 1. The third kappa shape index (κ3) is 2.87. The van der Waals surface area contributed by atoms with Crippen LogP contribution >= 0.6 is 0 Å². The minimum absolute atomic E-state index is 0.00831. The Hall–Kier alpha value is -2.58. The summed E-state index contributed by atoms with van der Waals surface area (Å²) in [5.41, 5.74) is 0.459. The van der Waals surface area contributed by atoms with Crippen molar-refractivity contribution in [1.82, 2.24) is 14.7 Å². The zero-order valence-electron chi connectivity index (χ0n) is 9.81. The summed E-state index contributed by atoms with van der Waals surface area (Å²) in [7, 11) is 0. The molecule has 2 aromatic heterocycles. The second kappa shape index (κ2) is 4.83. The summed E-state index contributed by atoms with van der Waals surface area (Å²) in [5.74, 6) is -3.19. The van der Waals surface area contributed by atoms with E-state index in [1.165, 1.54) is 28.9 Å². The summed E-state index contributed by atoms with van der Waals surface area (Å²) >= 11 is 0. The van der Waals surface area contributed by atoms with Crippen LogP contribution in [0.15, 0.2) is 24.5 Å². The molecule has 0 spiro atoms. The smallest absolute Gasteiger partial charge is 0.471 e. The van der Waals surface area contributed by atoms with Crippen LogP contribution in [0.3, 0.4) is 0 Å². The number of rotatable bonds is 3. The number of carboxylic acid groups (broad SMARTS) is 1. The number of nitrogens with zero attached hydrogens (tertiary/aromatic N) is 2. The first kappa shape index (κ1) is 13.8. The lowest BCUT2D eigenvalue weighted by atomic mass is 10.3. The van der Waals surface area contributed by atoms with Crippen LogP contribution < -0.4 is 5.32 Å². The van der Waals surface area contributed by atoms with E-state index in [2.05, 4.69) is 4.98 Å². The van der Waals surface area contributed by atoms with Gasteiger partial charge < -0.3 is 14.8 Å². The van der Waals surface area contributed by atoms with Crippen LogP contribution in [-0.2, 0) is 11.3 Å². The Balaban J connectivity index is 2.16. The van der Waals surface area contributed by atoms with Gasteiger partial charge in [-0.05, 0) is 12.1 Å². The van der Waals surface area contributed by atoms with Crippen molar-refractivity contribution < 1.29 is 27.9 Å². The molecule has 2 heterocycles. The summed E-state index contributed by atoms with van der Waals surface area (Å²) in [4.78, 5) is 25.3. The van der Waals surface area contributed by atoms with Crippen LogP contribution in [0.2, 0.25) is 0 Å². The van der Waals surface area contributed by atoms with Gasteiger partial charge >= 0.3 is 18.1 Å². The standard InChI is InChI=1S/C11H8F3N3O3/c12-11(13,14)10(20)15-4-7-5-17-2-1-6(9(18)19)3-8(17)16-7/h1-3,5H,4H2,(H,15,20)(H,18,19). The number of nitrogens with one attached hydrogen (secondary N) is 1. The van der Waals surface area contributed by atoms with Crippen molar-refractivity contribution in [2.24, 2.45) is 0 Å². The summed E-state index contributed by atoms with van der Waals surface area (Å²) in [6.07, 6.45) is -2.13. The number of carbonyl (C=O) groups excluding carboxylic acids is 1. The number of amides is 1. The summed E-state index contributed by atoms with van der Waals surface area (Å²) in [6.45, 7) is -0.400. The monoisotopic (exact) mass is 287 g/mol. The van der Waals surface area contributed by atoms with Crippen molar-refractivity contribution in [2.75, 3.05) is 0 Å². The molecule has 0 saturated carbocycles. The number of hydrogen-bond donors (Lipinski definition) is 2. The second-order valence-electron chi connectivity index (χ2n) is 3.90. The highest BCUT2D eigenvalue weighted by Gasteiger charge is 2.38. The molecule has 0 radical (unpaired) electrons. The van der Waals surface area contributed by atoms with Crippen LogP contribution in [0.4, 0.5) is 13.2 Å². The lowest BCUT2D eigenvalue weighted by molar-refractivity contribution is -0.173. The molecule has 2 rings (SSSR count). The van der Waals surface area contributed by atoms with E-state index in [9.17, 15) is 22.8 Å². The zero-order chi connectivity index (χ0) is 14.9. The molecule has 0 unspecified atom stereocenters. The largest absolute Gasteiger partial charge is 0.478 e. The van der Waals surface area contributed by atoms with Crippen LogP contribution in [0, 0.1) is 0 Å². The number of pyridine rings is 1. The lowest BCUT2D eigenvalue weighted by Crippen LogP contribution is -2.36. The highest BCUT2D eigenvalue weighted by atomic mass is 19.4. The van der Waals surface area contributed by atoms with Gasteiger partial charge in [0, 0.05) is 12.4 Å². The fourth-order valence-electron chi connectivity index (χ4n) is 1.52. The molecule has 0 aliphatic heterocycles. The van der Waals surface area contributed by atoms with E-state index in [1.54, 1.807) is 5.32 Å². The topological polar surface area (TPSA) is 83.7 Å². The van der Waals surface area contributed by atoms with Crippen LogP contribution in [0.5, 0.6) is 0 Å². The van der Waals surface area contributed by atoms with Gasteiger partial charge in [0.05, 0.1) is 17.8 Å². The van der Waals surface area contributed by atoms with Crippen LogP contribution in [-0.4, -0.2) is 32.5 Å². The van der Waals surface area contributed by atoms with Gasteiger partial charge in [-0.1, -0.05) is 0 Å². The quantitative estimate of drug-likeness (QED) is 0.888. The molecule has 0 aliphatic rings. The number of carboxylic acids is 1. The maximum atomic E-state index is 12.0. The highest BCUT2D eigenvalue weighted by Crippen LogP contribution is 2.14. The average Bonchev–Trinajstić information content (AvgIpc) is 2.76. The molecule has 9 heteroatoms. The fraction of sp³-hybridized carbons (Fsp3) is 0.182. The Morgan fingerprint density at radius 2 is 2.10 bits per heavy atom. The number of fused-ring (bicyclic) bond motifs is 1. The molecule has 2 aromatic rings. The Labute approximate surface area is 109 Å². The first-order chi connectivity index (χ1) is 9.27. The Morgan fingerprint density at radius 3 is 2.70 bits per heavy atom. The molecule has 106 valence electrons. The van der Waals surface area contributed by atoms with E-state index >= 15 is 0 Å². The SMILES string of the molecule is O=C(O)c1ccn2cc(CNC(=O)C(F)(F)F)nc2c1. The number of halogens is 3. The van der Waals surface area contributed by atoms with Crippen molar-refractivity contribution in [1.29, 1.82) is 0 Å². The summed E-state index contributed by atoms with van der Waals surface area (Å²) < 4.78 is 37.4. The second-order valence-corrected chi connectivity index (χ2v) is 3.90. The number of carbonyl (C=O) groups is 2. The molecule has 0 aliphatic carbocycles. The normalized spacial score (nSPS) is 11.6. The lowest BCUT2D eigenvalue weighted by Gasteiger charge is -2.05. The van der Waals surface area contributed by atoms with E-state index in [0.29, 0.717) is 0 Å². The number of aromatic carboxylic acids is 1. The molecule has 0 fully saturated rings. The number of aromatic nitrogens is 2. The highest BCUT2D eigenvalue weighted by molar-refractivity contribution is 5.88. The van der Waals surface area contributed by atoms with Crippen molar-refractivity contribution >= 4 is 17.5 Å². The Bertz CT molecular complexity index is 678. The van der Waals surface area contributed by atoms with E-state index in [4.69, 9.17) is 5.11 Å². The Morgan fingerprint density at radius 1 is 1.40 bits per heavy atom. The fourth-order valence-corrected chi connectivity index (χ4v) is 1.52. The van der Waals surface area contributed by atoms with Gasteiger partial charge in [0.2, 0.25) is 0 Å². The molecule has 20 heavy (non-hydrogen) atoms. The van der Waals surface area contributed by atoms with Gasteiger partial charge in [0.15, 0.2) is 0 Å². The zero-order valence-corrected chi connectivity index (χ0v) is 9.81. The third-order valence-corrected chi connectivity index (χ3v) is 2.44. The summed E-state index contributed by atoms with van der Waals surface area (Å²) in [6, 6.07) is 2.60. The van der Waals surface area contributed by atoms with Crippen LogP contribution in [0.25, 0.3) is 5.65 Å². The molecule has 2 N–H and O–H groups in total. The molecule has 0 bridgehead atoms. The van der Waals surface area contributed by atoms with Gasteiger partial charge in [-0.3, -0.25) is 4.79 Å². The Kier molecular flexibility index (Phi) is 3.35. The predicted molar refractivity (Wildman–Crippen MR) is 60.1 cm³/mol. The van der Waals surface area contributed by atoms with Crippen molar-refractivity contribution in [3.8, 4) is 0 Å². The third-order valence-electron chi connectivity index (χ3n) is 2.44. The average molecular weight is 287 g/mol. The van der Waals surface area contributed by atoms with Crippen molar-refractivity contribution in [3.63, 3.8) is 0 Å². The van der Waals surface area contributed by atoms with Crippen molar-refractivity contribution in [2.45, 2.75) is 12.7 Å². The van der Waals surface area contributed by atoms with E-state index in [-0.39, 0.29) is 16.9 Å². The minimum Gasteiger partial charge on any atom is -0.478 e. The molecular weight excluding hydrogens is 279 g/mol. The van der Waals surface area contributed by atoms with Gasteiger partial charge in [-0.15, -0.1) is 0 Å². The molecule has 0 saturated heterocycles. The van der Waals surface area contributed by atoms with Gasteiger partial charge in [0.25, 0.3) is 0 Å². The number of alkyl halides is 3. The minimum atomic E-state index is -4.95. The maximum Gasteiger partial charge on any atom is 0.471 e. The van der Waals surface area contributed by atoms with E-state index in [1.807, 2.05) is 0 Å². The van der Waals surface area contributed by atoms with E-state index in [0.717, 1.165) is 0 Å². The molecular formula is C11H8F3N3O3. The van der Waals surface area contributed by atoms with Gasteiger partial charge in [-0.25, -0.2) is 9.78 Å².